The molecule has 266 valence electrons. The second-order valence-electron chi connectivity index (χ2n) is 14.4. The van der Waals surface area contributed by atoms with Crippen LogP contribution in [0, 0.1) is 0 Å². The van der Waals surface area contributed by atoms with Gasteiger partial charge in [0.05, 0.1) is 16.6 Å². The molecule has 4 aromatic heterocycles. The molecule has 0 bridgehead atoms. The zero-order valence-electron chi connectivity index (χ0n) is 30.4. The molecule has 8 aromatic carbocycles. The van der Waals surface area contributed by atoms with Crippen LogP contribution in [-0.2, 0) is 0 Å². The second-order valence-corrected chi connectivity index (χ2v) is 14.4. The van der Waals surface area contributed by atoms with E-state index in [1.165, 1.54) is 16.5 Å². The highest BCUT2D eigenvalue weighted by Crippen LogP contribution is 2.39. The highest BCUT2D eigenvalue weighted by Gasteiger charge is 2.20. The number of benzene rings is 8. The van der Waals surface area contributed by atoms with Crippen LogP contribution in [0.2, 0.25) is 0 Å². The molecule has 0 fully saturated rings. The van der Waals surface area contributed by atoms with Crippen molar-refractivity contribution in [3.8, 4) is 51.0 Å². The van der Waals surface area contributed by atoms with Gasteiger partial charge in [-0.25, -0.2) is 15.0 Å². The summed E-state index contributed by atoms with van der Waals surface area (Å²) in [5, 5.41) is 6.46. The first-order valence-corrected chi connectivity index (χ1v) is 19.0. The quantitative estimate of drug-likeness (QED) is 0.176. The standard InChI is InChI=1S/C51H30N4O2/c1-2-11-31(12-3-1)32-21-25-35(26-22-32)55-43-18-7-4-13-36(43)37-27-23-34(30-44(37)55)50-52-49(33-24-28-47-42(29-33)39-15-6-8-19-45(39)56-47)53-51(54-50)41-17-10-16-40-38-14-5-9-20-46(38)57-48(40)41/h1-30H. The fourth-order valence-electron chi connectivity index (χ4n) is 8.36. The summed E-state index contributed by atoms with van der Waals surface area (Å²) in [4.78, 5) is 15.6. The maximum absolute atomic E-state index is 6.50. The van der Waals surface area contributed by atoms with Gasteiger partial charge in [-0.3, -0.25) is 0 Å². The first-order valence-electron chi connectivity index (χ1n) is 19.0. The predicted molar refractivity (Wildman–Crippen MR) is 230 cm³/mol. The fraction of sp³-hybridized carbons (Fsp3) is 0. The molecular weight excluding hydrogens is 701 g/mol. The Bertz CT molecular complexity index is 3520. The number of nitrogens with zero attached hydrogens (tertiary/aromatic N) is 4. The average Bonchev–Trinajstić information content (AvgIpc) is 3.96. The van der Waals surface area contributed by atoms with Gasteiger partial charge in [0.2, 0.25) is 0 Å². The van der Waals surface area contributed by atoms with Crippen molar-refractivity contribution in [2.45, 2.75) is 0 Å². The number of furan rings is 2. The van der Waals surface area contributed by atoms with Gasteiger partial charge in [0, 0.05) is 49.1 Å². The Hall–Kier alpha value is -7.83. The van der Waals surface area contributed by atoms with Gasteiger partial charge >= 0.3 is 0 Å². The number of rotatable bonds is 5. The summed E-state index contributed by atoms with van der Waals surface area (Å²) in [6.07, 6.45) is 0. The van der Waals surface area contributed by atoms with Crippen LogP contribution in [0.1, 0.15) is 0 Å². The minimum absolute atomic E-state index is 0.536. The third-order valence-electron chi connectivity index (χ3n) is 11.1. The molecule has 0 amide bonds. The van der Waals surface area contributed by atoms with Crippen LogP contribution in [0.25, 0.3) is 117 Å². The highest BCUT2D eigenvalue weighted by molar-refractivity contribution is 6.11. The van der Waals surface area contributed by atoms with Crippen LogP contribution in [0.3, 0.4) is 0 Å². The molecule has 0 spiro atoms. The third kappa shape index (κ3) is 5.01. The molecule has 0 saturated carbocycles. The van der Waals surface area contributed by atoms with Crippen LogP contribution in [0.5, 0.6) is 0 Å². The van der Waals surface area contributed by atoms with Crippen LogP contribution in [-0.4, -0.2) is 19.5 Å². The Morgan fingerprint density at radius 2 is 0.895 bits per heavy atom. The zero-order chi connectivity index (χ0) is 37.5. The maximum atomic E-state index is 6.50. The molecule has 4 heterocycles. The monoisotopic (exact) mass is 730 g/mol. The van der Waals surface area contributed by atoms with Crippen LogP contribution in [0.15, 0.2) is 191 Å². The van der Waals surface area contributed by atoms with Crippen molar-refractivity contribution in [1.29, 1.82) is 0 Å². The van der Waals surface area contributed by atoms with Crippen molar-refractivity contribution >= 4 is 65.7 Å². The maximum Gasteiger partial charge on any atom is 0.167 e. The molecule has 57 heavy (non-hydrogen) atoms. The molecule has 12 rings (SSSR count). The van der Waals surface area contributed by atoms with Gasteiger partial charge in [0.25, 0.3) is 0 Å². The molecule has 0 aliphatic heterocycles. The molecule has 0 unspecified atom stereocenters. The van der Waals surface area contributed by atoms with Gasteiger partial charge in [0.15, 0.2) is 17.5 Å². The average molecular weight is 731 g/mol. The largest absolute Gasteiger partial charge is 0.456 e. The molecule has 0 aliphatic rings. The lowest BCUT2D eigenvalue weighted by Crippen LogP contribution is -2.01. The summed E-state index contributed by atoms with van der Waals surface area (Å²) in [6.45, 7) is 0. The van der Waals surface area contributed by atoms with Gasteiger partial charge in [-0.2, -0.15) is 0 Å². The van der Waals surface area contributed by atoms with Crippen molar-refractivity contribution in [2.24, 2.45) is 0 Å². The molecule has 0 saturated heterocycles. The van der Waals surface area contributed by atoms with Crippen molar-refractivity contribution in [3.63, 3.8) is 0 Å². The molecule has 0 aliphatic carbocycles. The van der Waals surface area contributed by atoms with E-state index in [-0.39, 0.29) is 0 Å². The molecule has 6 nitrogen and oxygen atoms in total. The van der Waals surface area contributed by atoms with E-state index in [4.69, 9.17) is 23.8 Å². The Kier molecular flexibility index (Phi) is 6.83. The van der Waals surface area contributed by atoms with Gasteiger partial charge in [-0.1, -0.05) is 121 Å². The molecule has 12 aromatic rings. The summed E-state index contributed by atoms with van der Waals surface area (Å²) in [6, 6.07) is 62.9. The van der Waals surface area contributed by atoms with E-state index in [9.17, 15) is 0 Å². The van der Waals surface area contributed by atoms with E-state index < -0.39 is 0 Å². The Morgan fingerprint density at radius 3 is 1.70 bits per heavy atom. The Labute approximate surface area is 325 Å². The van der Waals surface area contributed by atoms with Crippen molar-refractivity contribution in [2.75, 3.05) is 0 Å². The smallest absolute Gasteiger partial charge is 0.167 e. The number of hydrogen-bond acceptors (Lipinski definition) is 5. The summed E-state index contributed by atoms with van der Waals surface area (Å²) in [5.74, 6) is 1.67. The first-order chi connectivity index (χ1) is 28.2. The van der Waals surface area contributed by atoms with Gasteiger partial charge in [-0.15, -0.1) is 0 Å². The van der Waals surface area contributed by atoms with Crippen molar-refractivity contribution in [3.05, 3.63) is 182 Å². The first kappa shape index (κ1) is 31.5. The van der Waals surface area contributed by atoms with Crippen LogP contribution < -0.4 is 0 Å². The van der Waals surface area contributed by atoms with E-state index in [2.05, 4.69) is 120 Å². The predicted octanol–water partition coefficient (Wildman–Crippen LogP) is 13.4. The summed E-state index contributed by atoms with van der Waals surface area (Å²) >= 11 is 0. The topological polar surface area (TPSA) is 69.9 Å². The number of hydrogen-bond donors (Lipinski definition) is 0. The number of fused-ring (bicyclic) bond motifs is 9. The third-order valence-corrected chi connectivity index (χ3v) is 11.1. The molecular formula is C51H30N4O2. The van der Waals surface area contributed by atoms with Gasteiger partial charge in [0.1, 0.15) is 22.3 Å². The normalized spacial score (nSPS) is 11.9. The van der Waals surface area contributed by atoms with E-state index in [1.54, 1.807) is 0 Å². The summed E-state index contributed by atoms with van der Waals surface area (Å²) in [5.41, 5.74) is 11.4. The zero-order valence-corrected chi connectivity index (χ0v) is 30.4. The van der Waals surface area contributed by atoms with E-state index in [1.807, 2.05) is 66.7 Å². The lowest BCUT2D eigenvalue weighted by Gasteiger charge is -2.11. The van der Waals surface area contributed by atoms with E-state index in [0.717, 1.165) is 82.7 Å². The fourth-order valence-corrected chi connectivity index (χ4v) is 8.36. The van der Waals surface area contributed by atoms with Gasteiger partial charge < -0.3 is 13.4 Å². The van der Waals surface area contributed by atoms with E-state index in [0.29, 0.717) is 17.5 Å². The highest BCUT2D eigenvalue weighted by atomic mass is 16.3. The van der Waals surface area contributed by atoms with Crippen LogP contribution in [0.4, 0.5) is 0 Å². The molecule has 6 heteroatoms. The number of aromatic nitrogens is 4. The summed E-state index contributed by atoms with van der Waals surface area (Å²) < 4.78 is 15.0. The van der Waals surface area contributed by atoms with Crippen molar-refractivity contribution < 1.29 is 8.83 Å². The molecule has 0 atom stereocenters. The SMILES string of the molecule is c1ccc(-c2ccc(-n3c4ccccc4c4ccc(-c5nc(-c6ccc7oc8ccccc8c7c6)nc(-c6cccc7c6oc6ccccc67)n5)cc43)cc2)cc1. The molecule has 0 N–H and O–H groups in total. The van der Waals surface area contributed by atoms with Crippen molar-refractivity contribution in [1.82, 2.24) is 19.5 Å². The second kappa shape index (κ2) is 12.3. The lowest BCUT2D eigenvalue weighted by molar-refractivity contribution is 0.669. The van der Waals surface area contributed by atoms with Crippen LogP contribution >= 0.6 is 0 Å². The Balaban J connectivity index is 1.08. The number of para-hydroxylation sites is 4. The lowest BCUT2D eigenvalue weighted by atomic mass is 10.1. The van der Waals surface area contributed by atoms with E-state index >= 15 is 0 Å². The summed E-state index contributed by atoms with van der Waals surface area (Å²) in [7, 11) is 0. The molecule has 0 radical (unpaired) electrons. The minimum atomic E-state index is 0.536. The van der Waals surface area contributed by atoms with Gasteiger partial charge in [-0.05, 0) is 71.8 Å². The Morgan fingerprint density at radius 1 is 0.333 bits per heavy atom. The minimum Gasteiger partial charge on any atom is -0.456 e.